The second-order valence-electron chi connectivity index (χ2n) is 1.56. The van der Waals surface area contributed by atoms with Crippen LogP contribution in [0.15, 0.2) is 12.5 Å². The van der Waals surface area contributed by atoms with Gasteiger partial charge in [0.1, 0.15) is 0 Å². The molecule has 0 spiro atoms. The quantitative estimate of drug-likeness (QED) is 0.392. The van der Waals surface area contributed by atoms with Crippen molar-refractivity contribution in [3.63, 3.8) is 0 Å². The molecule has 0 radical (unpaired) electrons. The van der Waals surface area contributed by atoms with Gasteiger partial charge in [-0.25, -0.2) is 0 Å². The van der Waals surface area contributed by atoms with E-state index >= 15 is 0 Å². The van der Waals surface area contributed by atoms with E-state index in [0.29, 0.717) is 0 Å². The van der Waals surface area contributed by atoms with Crippen LogP contribution in [0.3, 0.4) is 0 Å². The average Bonchev–Trinajstić information content (AvgIpc) is 1.84. The number of hydrogen-bond donors (Lipinski definition) is 0. The summed E-state index contributed by atoms with van der Waals surface area (Å²) in [6, 6.07) is 0. The minimum Gasteiger partial charge on any atom is -0.468 e. The molecule has 0 saturated heterocycles. The molecule has 0 aromatic carbocycles. The van der Waals surface area contributed by atoms with Crippen LogP contribution in [0.5, 0.6) is 0 Å². The summed E-state index contributed by atoms with van der Waals surface area (Å²) in [6.45, 7) is 2.75. The van der Waals surface area contributed by atoms with Crippen LogP contribution in [0.1, 0.15) is 0 Å². The van der Waals surface area contributed by atoms with Gasteiger partial charge in [0, 0.05) is 0 Å². The molecule has 0 aliphatic heterocycles. The summed E-state index contributed by atoms with van der Waals surface area (Å²) in [5, 5.41) is 0. The molecule has 12 heavy (non-hydrogen) atoms. The molecule has 0 N–H and O–H groups in total. The Balaban J connectivity index is 4.58. The third kappa shape index (κ3) is 2.61. The molecule has 0 heterocycles. The Bertz CT molecular complexity index is 265. The van der Waals surface area contributed by atoms with Crippen molar-refractivity contribution in [1.29, 1.82) is 0 Å². The molecule has 8 heteroatoms. The van der Waals surface area contributed by atoms with E-state index in [4.69, 9.17) is 0 Å². The van der Waals surface area contributed by atoms with Gasteiger partial charge in [0.2, 0.25) is 0 Å². The number of methoxy groups -OCH3 is 1. The molecule has 72 valence electrons. The SMILES string of the molecule is C=C(OC)OS(=O)(=O)C(F)(F)F. The van der Waals surface area contributed by atoms with Crippen molar-refractivity contribution in [2.24, 2.45) is 0 Å². The van der Waals surface area contributed by atoms with E-state index in [1.54, 1.807) is 0 Å². The minimum absolute atomic E-state index is 0.925. The summed E-state index contributed by atoms with van der Waals surface area (Å²) in [6.07, 6.45) is 0. The lowest BCUT2D eigenvalue weighted by atomic mass is 11.0. The molecule has 0 unspecified atom stereocenters. The summed E-state index contributed by atoms with van der Waals surface area (Å²) in [5.74, 6) is -0.938. The highest BCUT2D eigenvalue weighted by Crippen LogP contribution is 2.26. The highest BCUT2D eigenvalue weighted by atomic mass is 32.2. The van der Waals surface area contributed by atoms with Crippen molar-refractivity contribution in [2.45, 2.75) is 5.51 Å². The molecular weight excluding hydrogens is 201 g/mol. The number of rotatable bonds is 3. The molecule has 0 rings (SSSR count). The van der Waals surface area contributed by atoms with Gasteiger partial charge >= 0.3 is 15.6 Å². The lowest BCUT2D eigenvalue weighted by Gasteiger charge is -2.09. The van der Waals surface area contributed by atoms with Crippen molar-refractivity contribution >= 4 is 10.1 Å². The monoisotopic (exact) mass is 206 g/mol. The predicted molar refractivity (Wildman–Crippen MR) is 32.2 cm³/mol. The molecule has 0 bridgehead atoms. The van der Waals surface area contributed by atoms with E-state index in [1.807, 2.05) is 0 Å². The fourth-order valence-electron chi connectivity index (χ4n) is 0.204. The van der Waals surface area contributed by atoms with Crippen LogP contribution >= 0.6 is 0 Å². The molecule has 0 fully saturated rings. The van der Waals surface area contributed by atoms with Crippen LogP contribution in [-0.2, 0) is 19.0 Å². The van der Waals surface area contributed by atoms with Gasteiger partial charge in [0.15, 0.2) is 0 Å². The minimum atomic E-state index is -5.63. The van der Waals surface area contributed by atoms with Crippen molar-refractivity contribution in [1.82, 2.24) is 0 Å². The third-order valence-corrected chi connectivity index (χ3v) is 1.69. The Morgan fingerprint density at radius 3 is 2.08 bits per heavy atom. The molecular formula is C4H5F3O4S. The Labute approximate surface area is 66.7 Å². The largest absolute Gasteiger partial charge is 0.534 e. The van der Waals surface area contributed by atoms with Crippen LogP contribution in [0, 0.1) is 0 Å². The van der Waals surface area contributed by atoms with E-state index < -0.39 is 21.6 Å². The molecule has 0 amide bonds. The zero-order valence-corrected chi connectivity index (χ0v) is 6.70. The molecule has 0 aliphatic carbocycles. The first kappa shape index (κ1) is 11.1. The van der Waals surface area contributed by atoms with E-state index in [0.717, 1.165) is 7.11 Å². The van der Waals surface area contributed by atoms with Crippen LogP contribution in [-0.4, -0.2) is 21.0 Å². The highest BCUT2D eigenvalue weighted by molar-refractivity contribution is 7.87. The maximum atomic E-state index is 11.5. The lowest BCUT2D eigenvalue weighted by molar-refractivity contribution is -0.0552. The zero-order valence-electron chi connectivity index (χ0n) is 5.88. The average molecular weight is 206 g/mol. The number of halogens is 3. The van der Waals surface area contributed by atoms with Gasteiger partial charge < -0.3 is 8.92 Å². The first-order valence-corrected chi connectivity index (χ1v) is 3.85. The van der Waals surface area contributed by atoms with E-state index in [2.05, 4.69) is 15.5 Å². The fourth-order valence-corrected chi connectivity index (χ4v) is 0.611. The smallest absolute Gasteiger partial charge is 0.468 e. The Hall–Kier alpha value is -0.920. The molecule has 4 nitrogen and oxygen atoms in total. The molecule has 0 aromatic rings. The van der Waals surface area contributed by atoms with Gasteiger partial charge in [-0.3, -0.25) is 0 Å². The second-order valence-corrected chi connectivity index (χ2v) is 3.10. The van der Waals surface area contributed by atoms with Crippen molar-refractivity contribution < 1.29 is 30.5 Å². The molecule has 0 saturated carbocycles. The predicted octanol–water partition coefficient (Wildman–Crippen LogP) is 0.970. The molecule has 0 aromatic heterocycles. The Morgan fingerprint density at radius 1 is 1.42 bits per heavy atom. The van der Waals surface area contributed by atoms with Crippen LogP contribution < -0.4 is 0 Å². The second kappa shape index (κ2) is 3.21. The van der Waals surface area contributed by atoms with Crippen LogP contribution in [0.25, 0.3) is 0 Å². The Kier molecular flexibility index (Phi) is 2.97. The third-order valence-electron chi connectivity index (χ3n) is 0.714. The number of hydrogen-bond acceptors (Lipinski definition) is 4. The first-order valence-electron chi connectivity index (χ1n) is 2.44. The van der Waals surface area contributed by atoms with Gasteiger partial charge in [-0.15, -0.1) is 0 Å². The first-order chi connectivity index (χ1) is 5.20. The lowest BCUT2D eigenvalue weighted by Crippen LogP contribution is -2.25. The summed E-state index contributed by atoms with van der Waals surface area (Å²) < 4.78 is 62.2. The van der Waals surface area contributed by atoms with Gasteiger partial charge in [-0.1, -0.05) is 0 Å². The Morgan fingerprint density at radius 2 is 1.83 bits per heavy atom. The standard InChI is InChI=1S/C4H5F3O4S/c1-3(10-2)11-12(8,9)4(5,6)7/h1H2,2H3. The van der Waals surface area contributed by atoms with Crippen molar-refractivity contribution in [3.8, 4) is 0 Å². The summed E-state index contributed by atoms with van der Waals surface area (Å²) in [5.41, 5.74) is -5.46. The van der Waals surface area contributed by atoms with Gasteiger partial charge in [-0.2, -0.15) is 21.6 Å². The van der Waals surface area contributed by atoms with Crippen LogP contribution in [0.2, 0.25) is 0 Å². The van der Waals surface area contributed by atoms with Gasteiger partial charge in [-0.05, 0) is 6.58 Å². The number of ether oxygens (including phenoxy) is 1. The maximum absolute atomic E-state index is 11.5. The topological polar surface area (TPSA) is 52.6 Å². The van der Waals surface area contributed by atoms with Crippen LogP contribution in [0.4, 0.5) is 13.2 Å². The summed E-state index contributed by atoms with van der Waals surface area (Å²) >= 11 is 0. The van der Waals surface area contributed by atoms with Gasteiger partial charge in [0.05, 0.1) is 7.11 Å². The zero-order chi connectivity index (χ0) is 9.99. The fraction of sp³-hybridized carbons (Fsp3) is 0.500. The van der Waals surface area contributed by atoms with Crippen molar-refractivity contribution in [2.75, 3.05) is 7.11 Å². The van der Waals surface area contributed by atoms with E-state index in [9.17, 15) is 21.6 Å². The molecule has 0 atom stereocenters. The molecule has 0 aliphatic rings. The van der Waals surface area contributed by atoms with Gasteiger partial charge in [0.25, 0.3) is 5.95 Å². The maximum Gasteiger partial charge on any atom is 0.534 e. The summed E-state index contributed by atoms with van der Waals surface area (Å²) in [4.78, 5) is 0. The van der Waals surface area contributed by atoms with E-state index in [1.165, 1.54) is 0 Å². The van der Waals surface area contributed by atoms with E-state index in [-0.39, 0.29) is 0 Å². The highest BCUT2D eigenvalue weighted by Gasteiger charge is 2.49. The number of alkyl halides is 3. The summed E-state index contributed by atoms with van der Waals surface area (Å²) in [7, 11) is -4.71. The normalized spacial score (nSPS) is 12.3. The van der Waals surface area contributed by atoms with Crippen molar-refractivity contribution in [3.05, 3.63) is 12.5 Å².